The Morgan fingerprint density at radius 2 is 2.03 bits per heavy atom. The van der Waals surface area contributed by atoms with Crippen LogP contribution in [0.25, 0.3) is 10.2 Å². The molecule has 30 heavy (non-hydrogen) atoms. The minimum absolute atomic E-state index is 0.0163. The van der Waals surface area contributed by atoms with E-state index in [-0.39, 0.29) is 17.7 Å². The molecule has 2 aromatic rings. The SMILES string of the molecule is Cc1c(C(=O)N2CCC(C(N)=O)CC2)sc2ncnc(NC[C@H]3C[C@@H]4C=C[C@H]3C4)c12. The first kappa shape index (κ1) is 19.5. The van der Waals surface area contributed by atoms with Gasteiger partial charge in [-0.1, -0.05) is 12.2 Å². The zero-order valence-electron chi connectivity index (χ0n) is 17.1. The Balaban J connectivity index is 1.34. The summed E-state index contributed by atoms with van der Waals surface area (Å²) in [5, 5.41) is 4.51. The van der Waals surface area contributed by atoms with Gasteiger partial charge in [-0.3, -0.25) is 9.59 Å². The number of primary amides is 1. The lowest BCUT2D eigenvalue weighted by molar-refractivity contribution is -0.123. The Hall–Kier alpha value is -2.48. The number of nitrogens with one attached hydrogen (secondary N) is 1. The minimum Gasteiger partial charge on any atom is -0.369 e. The van der Waals surface area contributed by atoms with Gasteiger partial charge in [0.05, 0.1) is 10.3 Å². The molecule has 158 valence electrons. The van der Waals surface area contributed by atoms with Crippen molar-refractivity contribution < 1.29 is 9.59 Å². The van der Waals surface area contributed by atoms with Crippen molar-refractivity contribution in [2.24, 2.45) is 29.4 Å². The number of nitrogens with zero attached hydrogens (tertiary/aromatic N) is 3. The zero-order valence-corrected chi connectivity index (χ0v) is 18.0. The summed E-state index contributed by atoms with van der Waals surface area (Å²) in [5.41, 5.74) is 6.36. The molecule has 0 unspecified atom stereocenters. The van der Waals surface area contributed by atoms with Crippen LogP contribution >= 0.6 is 11.3 Å². The molecular formula is C22H27N5O2S. The van der Waals surface area contributed by atoms with Crippen molar-refractivity contribution in [2.75, 3.05) is 25.0 Å². The number of fused-ring (bicyclic) bond motifs is 3. The molecule has 0 spiro atoms. The molecule has 2 amide bonds. The van der Waals surface area contributed by atoms with Crippen LogP contribution in [-0.4, -0.2) is 46.3 Å². The van der Waals surface area contributed by atoms with Gasteiger partial charge in [-0.05, 0) is 55.9 Å². The molecule has 3 N–H and O–H groups in total. The second-order valence-corrected chi connectivity index (χ2v) is 9.85. The van der Waals surface area contributed by atoms with E-state index in [4.69, 9.17) is 5.73 Å². The van der Waals surface area contributed by atoms with Crippen molar-refractivity contribution in [1.82, 2.24) is 14.9 Å². The van der Waals surface area contributed by atoms with E-state index in [1.54, 1.807) is 6.33 Å². The lowest BCUT2D eigenvalue weighted by atomic mass is 9.93. The van der Waals surface area contributed by atoms with Gasteiger partial charge in [-0.2, -0.15) is 0 Å². The predicted molar refractivity (Wildman–Crippen MR) is 117 cm³/mol. The van der Waals surface area contributed by atoms with Crippen molar-refractivity contribution in [3.05, 3.63) is 28.9 Å². The van der Waals surface area contributed by atoms with Crippen LogP contribution in [-0.2, 0) is 4.79 Å². The summed E-state index contributed by atoms with van der Waals surface area (Å²) in [7, 11) is 0. The highest BCUT2D eigenvalue weighted by Gasteiger charge is 2.35. The minimum atomic E-state index is -0.267. The van der Waals surface area contributed by atoms with Gasteiger partial charge in [0, 0.05) is 25.6 Å². The largest absolute Gasteiger partial charge is 0.369 e. The van der Waals surface area contributed by atoms with Gasteiger partial charge in [0.2, 0.25) is 5.91 Å². The fourth-order valence-electron chi connectivity index (χ4n) is 5.28. The maximum Gasteiger partial charge on any atom is 0.264 e. The number of aromatic nitrogens is 2. The van der Waals surface area contributed by atoms with Gasteiger partial charge in [0.1, 0.15) is 17.0 Å². The second kappa shape index (κ2) is 7.65. The topological polar surface area (TPSA) is 101 Å². The Labute approximate surface area is 179 Å². The quantitative estimate of drug-likeness (QED) is 0.717. The molecule has 0 aromatic carbocycles. The van der Waals surface area contributed by atoms with Crippen LogP contribution in [0.1, 0.15) is 40.9 Å². The molecule has 3 aliphatic rings. The van der Waals surface area contributed by atoms with E-state index in [1.807, 2.05) is 11.8 Å². The van der Waals surface area contributed by atoms with E-state index in [0.717, 1.165) is 34.1 Å². The summed E-state index contributed by atoms with van der Waals surface area (Å²) in [6.07, 6.45) is 10.1. The van der Waals surface area contributed by atoms with Crippen molar-refractivity contribution in [2.45, 2.75) is 32.6 Å². The summed E-state index contributed by atoms with van der Waals surface area (Å²) >= 11 is 1.43. The number of carbonyl (C=O) groups excluding carboxylic acids is 2. The third kappa shape index (κ3) is 3.37. The summed E-state index contributed by atoms with van der Waals surface area (Å²) < 4.78 is 0. The Bertz CT molecular complexity index is 1020. The number of thiophene rings is 1. The fourth-order valence-corrected chi connectivity index (χ4v) is 6.39. The number of amides is 2. The van der Waals surface area contributed by atoms with Crippen LogP contribution < -0.4 is 11.1 Å². The monoisotopic (exact) mass is 425 g/mol. The molecule has 3 atom stereocenters. The van der Waals surface area contributed by atoms with E-state index in [2.05, 4.69) is 27.4 Å². The maximum atomic E-state index is 13.2. The highest BCUT2D eigenvalue weighted by molar-refractivity contribution is 7.20. The first-order valence-corrected chi connectivity index (χ1v) is 11.6. The molecule has 3 heterocycles. The summed E-state index contributed by atoms with van der Waals surface area (Å²) in [5.74, 6) is 2.53. The molecule has 7 nitrogen and oxygen atoms in total. The van der Waals surface area contributed by atoms with Crippen LogP contribution in [0, 0.1) is 30.6 Å². The maximum absolute atomic E-state index is 13.2. The number of anilines is 1. The number of hydrogen-bond donors (Lipinski definition) is 2. The van der Waals surface area contributed by atoms with Crippen molar-refractivity contribution in [3.8, 4) is 0 Å². The van der Waals surface area contributed by atoms with E-state index in [9.17, 15) is 9.59 Å². The van der Waals surface area contributed by atoms with Gasteiger partial charge >= 0.3 is 0 Å². The Morgan fingerprint density at radius 1 is 1.23 bits per heavy atom. The second-order valence-electron chi connectivity index (χ2n) is 8.85. The molecule has 1 saturated carbocycles. The molecule has 1 aliphatic heterocycles. The van der Waals surface area contributed by atoms with Crippen LogP contribution in [0.15, 0.2) is 18.5 Å². The number of allylic oxidation sites excluding steroid dienone is 2. The Kier molecular flexibility index (Phi) is 4.97. The van der Waals surface area contributed by atoms with Crippen molar-refractivity contribution in [3.63, 3.8) is 0 Å². The van der Waals surface area contributed by atoms with Crippen LogP contribution in [0.5, 0.6) is 0 Å². The van der Waals surface area contributed by atoms with Crippen LogP contribution in [0.4, 0.5) is 5.82 Å². The first-order valence-electron chi connectivity index (χ1n) is 10.8. The van der Waals surface area contributed by atoms with Crippen LogP contribution in [0.3, 0.4) is 0 Å². The molecule has 1 saturated heterocycles. The van der Waals surface area contributed by atoms with Gasteiger partial charge < -0.3 is 16.0 Å². The van der Waals surface area contributed by atoms with E-state index in [0.29, 0.717) is 42.6 Å². The Morgan fingerprint density at radius 3 is 2.70 bits per heavy atom. The van der Waals surface area contributed by atoms with E-state index in [1.165, 1.54) is 24.2 Å². The standard InChI is InChI=1S/C22H27N5O2S/c1-12-17-20(24-10-16-9-13-2-3-15(16)8-13)25-11-26-21(17)30-18(12)22(29)27-6-4-14(5-7-27)19(23)28/h2-3,11,13-16H,4-10H2,1H3,(H2,23,28)(H,24,25,26)/t13-,15+,16-/m1/s1. The average Bonchev–Trinajstić information content (AvgIpc) is 3.46. The highest BCUT2D eigenvalue weighted by atomic mass is 32.1. The molecule has 0 radical (unpaired) electrons. The molecule has 2 bridgehead atoms. The highest BCUT2D eigenvalue weighted by Crippen LogP contribution is 2.43. The molecule has 2 aromatic heterocycles. The first-order chi connectivity index (χ1) is 14.5. The number of hydrogen-bond acceptors (Lipinski definition) is 6. The molecular weight excluding hydrogens is 398 g/mol. The zero-order chi connectivity index (χ0) is 20.8. The van der Waals surface area contributed by atoms with Gasteiger partial charge in [-0.25, -0.2) is 9.97 Å². The number of nitrogens with two attached hydrogens (primary N) is 1. The molecule has 2 aliphatic carbocycles. The number of carbonyl (C=O) groups is 2. The smallest absolute Gasteiger partial charge is 0.264 e. The summed E-state index contributed by atoms with van der Waals surface area (Å²) in [4.78, 5) is 36.9. The predicted octanol–water partition coefficient (Wildman–Crippen LogP) is 2.96. The lowest BCUT2D eigenvalue weighted by Gasteiger charge is -2.30. The summed E-state index contributed by atoms with van der Waals surface area (Å²) in [6, 6.07) is 0. The number of aryl methyl sites for hydroxylation is 1. The lowest BCUT2D eigenvalue weighted by Crippen LogP contribution is -2.41. The van der Waals surface area contributed by atoms with Crippen molar-refractivity contribution >= 4 is 39.2 Å². The van der Waals surface area contributed by atoms with Gasteiger partial charge in [0.25, 0.3) is 5.91 Å². The van der Waals surface area contributed by atoms with Crippen LogP contribution in [0.2, 0.25) is 0 Å². The molecule has 5 rings (SSSR count). The van der Waals surface area contributed by atoms with Gasteiger partial charge in [-0.15, -0.1) is 11.3 Å². The summed E-state index contributed by atoms with van der Waals surface area (Å²) in [6.45, 7) is 4.01. The normalized spacial score (nSPS) is 25.9. The number of rotatable bonds is 5. The third-order valence-corrected chi connectivity index (χ3v) is 8.24. The molecule has 2 fully saturated rings. The fraction of sp³-hybridized carbons (Fsp3) is 0.545. The third-order valence-electron chi connectivity index (χ3n) is 7.05. The molecule has 8 heteroatoms. The van der Waals surface area contributed by atoms with Gasteiger partial charge in [0.15, 0.2) is 0 Å². The number of piperidine rings is 1. The van der Waals surface area contributed by atoms with Crippen molar-refractivity contribution in [1.29, 1.82) is 0 Å². The number of likely N-dealkylation sites (tertiary alicyclic amines) is 1. The average molecular weight is 426 g/mol. The van der Waals surface area contributed by atoms with E-state index >= 15 is 0 Å². The van der Waals surface area contributed by atoms with E-state index < -0.39 is 0 Å².